The van der Waals surface area contributed by atoms with Crippen LogP contribution in [-0.2, 0) is 10.0 Å². The second kappa shape index (κ2) is 4.36. The Morgan fingerprint density at radius 3 is 2.43 bits per heavy atom. The predicted molar refractivity (Wildman–Crippen MR) is 54.5 cm³/mol. The van der Waals surface area contributed by atoms with Crippen molar-refractivity contribution < 1.29 is 8.42 Å². The lowest BCUT2D eigenvalue weighted by molar-refractivity contribution is 0.600. The van der Waals surface area contributed by atoms with E-state index in [1.807, 2.05) is 6.92 Å². The largest absolute Gasteiger partial charge is 0.280 e. The first-order valence-electron chi connectivity index (χ1n) is 4.32. The van der Waals surface area contributed by atoms with Crippen molar-refractivity contribution in [1.29, 1.82) is 0 Å². The maximum Gasteiger partial charge on any atom is 0.232 e. The lowest BCUT2D eigenvalue weighted by Gasteiger charge is -2.05. The molecule has 0 saturated carbocycles. The summed E-state index contributed by atoms with van der Waals surface area (Å²) < 4.78 is 25.0. The van der Waals surface area contributed by atoms with Crippen molar-refractivity contribution in [2.24, 2.45) is 0 Å². The molecule has 0 aliphatic heterocycles. The number of hydrogen-bond donors (Lipinski definition) is 1. The van der Waals surface area contributed by atoms with Crippen LogP contribution in [0.1, 0.15) is 19.2 Å². The fourth-order valence-corrected chi connectivity index (χ4v) is 2.05. The lowest BCUT2D eigenvalue weighted by Crippen LogP contribution is -2.16. The highest BCUT2D eigenvalue weighted by Crippen LogP contribution is 2.06. The molecular weight excluding hydrogens is 202 g/mol. The SMILES string of the molecule is CCCS(=O)(=O)Nc1cnc(C)nc1. The van der Waals surface area contributed by atoms with Gasteiger partial charge in [0.1, 0.15) is 5.82 Å². The summed E-state index contributed by atoms with van der Waals surface area (Å²) in [7, 11) is -3.23. The Hall–Kier alpha value is -1.17. The van der Waals surface area contributed by atoms with Crippen LogP contribution in [0.2, 0.25) is 0 Å². The number of aromatic nitrogens is 2. The topological polar surface area (TPSA) is 72.0 Å². The Labute approximate surface area is 83.6 Å². The number of aryl methyl sites for hydroxylation is 1. The summed E-state index contributed by atoms with van der Waals surface area (Å²) in [5, 5.41) is 0. The van der Waals surface area contributed by atoms with Crippen molar-refractivity contribution in [3.8, 4) is 0 Å². The lowest BCUT2D eigenvalue weighted by atomic mass is 10.5. The van der Waals surface area contributed by atoms with E-state index in [1.54, 1.807) is 6.92 Å². The molecule has 1 rings (SSSR count). The molecule has 0 spiro atoms. The minimum absolute atomic E-state index is 0.112. The number of nitrogens with one attached hydrogen (secondary N) is 1. The van der Waals surface area contributed by atoms with E-state index >= 15 is 0 Å². The minimum Gasteiger partial charge on any atom is -0.280 e. The minimum atomic E-state index is -3.23. The highest BCUT2D eigenvalue weighted by atomic mass is 32.2. The average Bonchev–Trinajstić information content (AvgIpc) is 2.08. The summed E-state index contributed by atoms with van der Waals surface area (Å²) in [6, 6.07) is 0. The van der Waals surface area contributed by atoms with Gasteiger partial charge < -0.3 is 0 Å². The molecule has 0 unspecified atom stereocenters. The summed E-state index contributed by atoms with van der Waals surface area (Å²) in [5.41, 5.74) is 0.407. The molecule has 1 aromatic heterocycles. The third kappa shape index (κ3) is 3.29. The van der Waals surface area contributed by atoms with Gasteiger partial charge >= 0.3 is 0 Å². The molecule has 78 valence electrons. The van der Waals surface area contributed by atoms with Crippen LogP contribution in [0.15, 0.2) is 12.4 Å². The Bertz CT molecular complexity index is 386. The Balaban J connectivity index is 2.74. The average molecular weight is 215 g/mol. The Morgan fingerprint density at radius 1 is 1.36 bits per heavy atom. The van der Waals surface area contributed by atoms with Crippen molar-refractivity contribution in [2.75, 3.05) is 10.5 Å². The van der Waals surface area contributed by atoms with Gasteiger partial charge in [0, 0.05) is 0 Å². The van der Waals surface area contributed by atoms with Crippen LogP contribution in [0.4, 0.5) is 5.69 Å². The third-order valence-corrected chi connectivity index (χ3v) is 3.02. The molecule has 0 atom stereocenters. The van der Waals surface area contributed by atoms with Crippen molar-refractivity contribution in [3.63, 3.8) is 0 Å². The van der Waals surface area contributed by atoms with Gasteiger partial charge in [0.15, 0.2) is 0 Å². The molecule has 0 radical (unpaired) electrons. The zero-order valence-electron chi connectivity index (χ0n) is 8.19. The van der Waals surface area contributed by atoms with Gasteiger partial charge in [0.2, 0.25) is 10.0 Å². The van der Waals surface area contributed by atoms with Gasteiger partial charge in [-0.15, -0.1) is 0 Å². The van der Waals surface area contributed by atoms with Crippen LogP contribution >= 0.6 is 0 Å². The van der Waals surface area contributed by atoms with Gasteiger partial charge in [-0.2, -0.15) is 0 Å². The number of nitrogens with zero attached hydrogens (tertiary/aromatic N) is 2. The summed E-state index contributed by atoms with van der Waals surface area (Å²) in [4.78, 5) is 7.77. The standard InChI is InChI=1S/C8H13N3O2S/c1-3-4-14(12,13)11-8-5-9-7(2)10-6-8/h5-6,11H,3-4H2,1-2H3. The molecular formula is C8H13N3O2S. The molecule has 14 heavy (non-hydrogen) atoms. The first-order chi connectivity index (χ1) is 6.53. The number of anilines is 1. The van der Waals surface area contributed by atoms with Gasteiger partial charge in [0.05, 0.1) is 23.8 Å². The molecule has 1 aromatic rings. The van der Waals surface area contributed by atoms with Gasteiger partial charge in [-0.25, -0.2) is 18.4 Å². The molecule has 5 nitrogen and oxygen atoms in total. The quantitative estimate of drug-likeness (QED) is 0.811. The highest BCUT2D eigenvalue weighted by Gasteiger charge is 2.08. The van der Waals surface area contributed by atoms with E-state index in [0.29, 0.717) is 17.9 Å². The van der Waals surface area contributed by atoms with Crippen molar-refractivity contribution in [3.05, 3.63) is 18.2 Å². The molecule has 0 amide bonds. The molecule has 1 N–H and O–H groups in total. The van der Waals surface area contributed by atoms with E-state index in [1.165, 1.54) is 12.4 Å². The van der Waals surface area contributed by atoms with E-state index in [0.717, 1.165) is 0 Å². The van der Waals surface area contributed by atoms with E-state index in [2.05, 4.69) is 14.7 Å². The summed E-state index contributed by atoms with van der Waals surface area (Å²) in [5.74, 6) is 0.726. The number of rotatable bonds is 4. The van der Waals surface area contributed by atoms with Crippen LogP contribution in [0.3, 0.4) is 0 Å². The van der Waals surface area contributed by atoms with Crippen LogP contribution in [0, 0.1) is 6.92 Å². The molecule has 0 aliphatic carbocycles. The van der Waals surface area contributed by atoms with Gasteiger partial charge in [-0.1, -0.05) is 6.92 Å². The first kappa shape index (κ1) is 10.9. The predicted octanol–water partition coefficient (Wildman–Crippen LogP) is 0.937. The smallest absolute Gasteiger partial charge is 0.232 e. The number of hydrogen-bond acceptors (Lipinski definition) is 4. The molecule has 6 heteroatoms. The van der Waals surface area contributed by atoms with Crippen LogP contribution in [-0.4, -0.2) is 24.1 Å². The molecule has 0 aliphatic rings. The highest BCUT2D eigenvalue weighted by molar-refractivity contribution is 7.92. The van der Waals surface area contributed by atoms with E-state index in [9.17, 15) is 8.42 Å². The molecule has 0 fully saturated rings. The Morgan fingerprint density at radius 2 is 1.93 bits per heavy atom. The Kier molecular flexibility index (Phi) is 3.40. The molecule has 1 heterocycles. The fraction of sp³-hybridized carbons (Fsp3) is 0.500. The first-order valence-corrected chi connectivity index (χ1v) is 5.98. The molecule has 0 saturated heterocycles. The van der Waals surface area contributed by atoms with E-state index in [-0.39, 0.29) is 5.75 Å². The second-order valence-corrected chi connectivity index (χ2v) is 4.78. The van der Waals surface area contributed by atoms with Crippen LogP contribution < -0.4 is 4.72 Å². The van der Waals surface area contributed by atoms with Gasteiger partial charge in [-0.05, 0) is 13.3 Å². The zero-order valence-corrected chi connectivity index (χ0v) is 9.00. The zero-order chi connectivity index (χ0) is 10.6. The maximum absolute atomic E-state index is 11.3. The third-order valence-electron chi connectivity index (χ3n) is 1.53. The normalized spacial score (nSPS) is 11.3. The van der Waals surface area contributed by atoms with Gasteiger partial charge in [-0.3, -0.25) is 4.72 Å². The van der Waals surface area contributed by atoms with Crippen molar-refractivity contribution in [2.45, 2.75) is 20.3 Å². The maximum atomic E-state index is 11.3. The summed E-state index contributed by atoms with van der Waals surface area (Å²) in [6.07, 6.45) is 3.49. The van der Waals surface area contributed by atoms with Crippen LogP contribution in [0.25, 0.3) is 0 Å². The van der Waals surface area contributed by atoms with Crippen molar-refractivity contribution in [1.82, 2.24) is 9.97 Å². The van der Waals surface area contributed by atoms with Crippen molar-refractivity contribution >= 4 is 15.7 Å². The van der Waals surface area contributed by atoms with E-state index < -0.39 is 10.0 Å². The monoisotopic (exact) mass is 215 g/mol. The summed E-state index contributed by atoms with van der Waals surface area (Å²) >= 11 is 0. The van der Waals surface area contributed by atoms with Gasteiger partial charge in [0.25, 0.3) is 0 Å². The fourth-order valence-electron chi connectivity index (χ4n) is 0.945. The second-order valence-electron chi connectivity index (χ2n) is 2.94. The van der Waals surface area contributed by atoms with E-state index in [4.69, 9.17) is 0 Å². The number of sulfonamides is 1. The molecule has 0 aromatic carbocycles. The molecule has 0 bridgehead atoms. The summed E-state index contributed by atoms with van der Waals surface area (Å²) in [6.45, 7) is 3.55. The van der Waals surface area contributed by atoms with Crippen LogP contribution in [0.5, 0.6) is 0 Å².